The molecule has 0 spiro atoms. The first-order valence-corrected chi connectivity index (χ1v) is 7.69. The minimum Gasteiger partial charge on any atom is -0.345 e. The number of likely N-dealkylation sites (N-methyl/N-ethyl adjacent to an activating group) is 1. The lowest BCUT2D eigenvalue weighted by Gasteiger charge is -2.35. The van der Waals surface area contributed by atoms with Crippen molar-refractivity contribution in [3.63, 3.8) is 0 Å². The van der Waals surface area contributed by atoms with Gasteiger partial charge in [-0.25, -0.2) is 0 Å². The molecule has 114 valence electrons. The number of carbonyl (C=O) groups excluding carboxylic acids is 1. The highest BCUT2D eigenvalue weighted by Crippen LogP contribution is 2.30. The maximum atomic E-state index is 12.6. The minimum absolute atomic E-state index is 0.0498. The summed E-state index contributed by atoms with van der Waals surface area (Å²) in [5, 5.41) is 5.11. The molecule has 1 saturated heterocycles. The van der Waals surface area contributed by atoms with Gasteiger partial charge < -0.3 is 20.1 Å². The van der Waals surface area contributed by atoms with E-state index in [1.165, 1.54) is 6.42 Å². The van der Waals surface area contributed by atoms with Crippen molar-refractivity contribution in [1.82, 2.24) is 4.57 Å². The summed E-state index contributed by atoms with van der Waals surface area (Å²) in [6.07, 6.45) is 1.19. The monoisotopic (exact) mass is 292 g/mol. The number of piperidine rings is 1. The van der Waals surface area contributed by atoms with E-state index in [0.717, 1.165) is 30.2 Å². The molecule has 1 amide bonds. The highest BCUT2D eigenvalue weighted by molar-refractivity contribution is 5.91. The van der Waals surface area contributed by atoms with E-state index < -0.39 is 0 Å². The maximum absolute atomic E-state index is 12.6. The SMILES string of the molecule is C[NH+](C)CC(=O)Nc1ccc2n(c1=O)C[C@@H]1C[NH2+]C[C@H]2C1. The van der Waals surface area contributed by atoms with Crippen LogP contribution in [0, 0.1) is 5.92 Å². The number of nitrogens with zero attached hydrogens (tertiary/aromatic N) is 1. The Bertz CT molecular complexity index is 608. The van der Waals surface area contributed by atoms with E-state index in [1.807, 2.05) is 24.7 Å². The zero-order valence-corrected chi connectivity index (χ0v) is 12.7. The van der Waals surface area contributed by atoms with E-state index in [-0.39, 0.29) is 11.5 Å². The summed E-state index contributed by atoms with van der Waals surface area (Å²) in [5.74, 6) is 0.935. The van der Waals surface area contributed by atoms with Crippen LogP contribution in [0.4, 0.5) is 5.69 Å². The third-order valence-corrected chi connectivity index (χ3v) is 4.42. The Morgan fingerprint density at radius 1 is 1.43 bits per heavy atom. The second kappa shape index (κ2) is 5.61. The van der Waals surface area contributed by atoms with E-state index in [0.29, 0.717) is 24.1 Å². The van der Waals surface area contributed by atoms with Gasteiger partial charge in [0.15, 0.2) is 6.54 Å². The maximum Gasteiger partial charge on any atom is 0.279 e. The molecule has 1 fully saturated rings. The van der Waals surface area contributed by atoms with E-state index in [1.54, 1.807) is 6.07 Å². The molecule has 6 nitrogen and oxygen atoms in total. The second-order valence-electron chi connectivity index (χ2n) is 6.58. The zero-order valence-electron chi connectivity index (χ0n) is 12.7. The third-order valence-electron chi connectivity index (χ3n) is 4.42. The molecule has 1 aromatic heterocycles. The molecule has 0 radical (unpaired) electrons. The molecule has 2 bridgehead atoms. The number of fused-ring (bicyclic) bond motifs is 4. The molecule has 0 aliphatic carbocycles. The van der Waals surface area contributed by atoms with Crippen molar-refractivity contribution in [3.8, 4) is 0 Å². The van der Waals surface area contributed by atoms with Crippen LogP contribution in [0.15, 0.2) is 16.9 Å². The Labute approximate surface area is 124 Å². The van der Waals surface area contributed by atoms with Crippen LogP contribution in [0.5, 0.6) is 0 Å². The smallest absolute Gasteiger partial charge is 0.279 e. The van der Waals surface area contributed by atoms with Gasteiger partial charge >= 0.3 is 0 Å². The van der Waals surface area contributed by atoms with Crippen molar-refractivity contribution in [2.75, 3.05) is 39.0 Å². The van der Waals surface area contributed by atoms with Crippen LogP contribution in [-0.2, 0) is 11.3 Å². The van der Waals surface area contributed by atoms with Crippen LogP contribution in [0.3, 0.4) is 0 Å². The normalized spacial score (nSPS) is 23.8. The molecule has 4 N–H and O–H groups in total. The number of carbonyl (C=O) groups is 1. The summed E-state index contributed by atoms with van der Waals surface area (Å²) >= 11 is 0. The van der Waals surface area contributed by atoms with Crippen molar-refractivity contribution < 1.29 is 15.0 Å². The lowest BCUT2D eigenvalue weighted by Crippen LogP contribution is -3.06. The van der Waals surface area contributed by atoms with E-state index in [4.69, 9.17) is 0 Å². The van der Waals surface area contributed by atoms with E-state index in [9.17, 15) is 9.59 Å². The average Bonchev–Trinajstić information content (AvgIpc) is 2.42. The molecular weight excluding hydrogens is 268 g/mol. The van der Waals surface area contributed by atoms with Gasteiger partial charge in [-0.05, 0) is 18.6 Å². The van der Waals surface area contributed by atoms with Crippen LogP contribution >= 0.6 is 0 Å². The number of quaternary nitrogens is 2. The molecule has 0 unspecified atom stereocenters. The standard InChI is InChI=1S/C15H22N4O2/c1-18(2)9-14(20)17-12-3-4-13-11-5-10(6-16-7-11)8-19(13)15(12)21/h3-4,10-11,16H,5-9H2,1-2H3,(H,17,20)/p+2/t10-,11+/m0/s1. The molecule has 2 atom stereocenters. The molecule has 1 aromatic rings. The fourth-order valence-corrected chi connectivity index (χ4v) is 3.52. The van der Waals surface area contributed by atoms with Crippen LogP contribution in [0.1, 0.15) is 18.0 Å². The quantitative estimate of drug-likeness (QED) is 0.582. The Hall–Kier alpha value is -1.66. The predicted octanol–water partition coefficient (Wildman–Crippen LogP) is -2.39. The predicted molar refractivity (Wildman–Crippen MR) is 79.5 cm³/mol. The number of hydrogen-bond donors (Lipinski definition) is 3. The Morgan fingerprint density at radius 3 is 3.00 bits per heavy atom. The lowest BCUT2D eigenvalue weighted by atomic mass is 9.84. The van der Waals surface area contributed by atoms with Gasteiger partial charge in [-0.15, -0.1) is 0 Å². The van der Waals surface area contributed by atoms with Crippen molar-refractivity contribution in [3.05, 3.63) is 28.2 Å². The number of pyridine rings is 1. The number of nitrogens with two attached hydrogens (primary N) is 1. The van der Waals surface area contributed by atoms with Crippen LogP contribution in [0.25, 0.3) is 0 Å². The molecule has 21 heavy (non-hydrogen) atoms. The molecule has 0 saturated carbocycles. The van der Waals surface area contributed by atoms with Crippen LogP contribution < -0.4 is 21.1 Å². The molecular formula is C15H24N4O2+2. The number of anilines is 1. The summed E-state index contributed by atoms with van der Waals surface area (Å²) in [5.41, 5.74) is 1.49. The lowest BCUT2D eigenvalue weighted by molar-refractivity contribution is -0.849. The van der Waals surface area contributed by atoms with Gasteiger partial charge in [0.25, 0.3) is 11.5 Å². The van der Waals surface area contributed by atoms with Crippen molar-refractivity contribution in [2.45, 2.75) is 18.9 Å². The minimum atomic E-state index is -0.114. The largest absolute Gasteiger partial charge is 0.345 e. The van der Waals surface area contributed by atoms with Crippen molar-refractivity contribution in [2.24, 2.45) is 5.92 Å². The number of hydrogen-bond acceptors (Lipinski definition) is 2. The fraction of sp³-hybridized carbons (Fsp3) is 0.600. The summed E-state index contributed by atoms with van der Waals surface area (Å²) in [4.78, 5) is 25.5. The van der Waals surface area contributed by atoms with Gasteiger partial charge in [-0.2, -0.15) is 0 Å². The van der Waals surface area contributed by atoms with Crippen LogP contribution in [-0.4, -0.2) is 44.2 Å². The highest BCUT2D eigenvalue weighted by atomic mass is 16.2. The van der Waals surface area contributed by atoms with Crippen molar-refractivity contribution in [1.29, 1.82) is 0 Å². The van der Waals surface area contributed by atoms with Crippen molar-refractivity contribution >= 4 is 11.6 Å². The molecule has 2 aliphatic rings. The topological polar surface area (TPSA) is 72.2 Å². The van der Waals surface area contributed by atoms with Gasteiger partial charge in [-0.3, -0.25) is 9.59 Å². The first kappa shape index (κ1) is 14.3. The Kier molecular flexibility index (Phi) is 3.82. The molecule has 2 aliphatic heterocycles. The molecule has 6 heteroatoms. The number of amides is 1. The van der Waals surface area contributed by atoms with E-state index >= 15 is 0 Å². The average molecular weight is 292 g/mol. The summed E-state index contributed by atoms with van der Waals surface area (Å²) in [6, 6.07) is 3.78. The molecule has 3 heterocycles. The first-order valence-electron chi connectivity index (χ1n) is 7.69. The highest BCUT2D eigenvalue weighted by Gasteiger charge is 2.33. The first-order chi connectivity index (χ1) is 10.0. The van der Waals surface area contributed by atoms with Gasteiger partial charge in [0.2, 0.25) is 0 Å². The van der Waals surface area contributed by atoms with Gasteiger partial charge in [0.1, 0.15) is 5.69 Å². The fourth-order valence-electron chi connectivity index (χ4n) is 3.52. The molecule has 0 aromatic carbocycles. The van der Waals surface area contributed by atoms with E-state index in [2.05, 4.69) is 10.6 Å². The second-order valence-corrected chi connectivity index (χ2v) is 6.58. The summed E-state index contributed by atoms with van der Waals surface area (Å²) < 4.78 is 1.88. The Morgan fingerprint density at radius 2 is 2.24 bits per heavy atom. The number of nitrogens with one attached hydrogen (secondary N) is 2. The van der Waals surface area contributed by atoms with Gasteiger partial charge in [0, 0.05) is 24.1 Å². The van der Waals surface area contributed by atoms with Crippen LogP contribution in [0.2, 0.25) is 0 Å². The van der Waals surface area contributed by atoms with Gasteiger partial charge in [-0.1, -0.05) is 0 Å². The summed E-state index contributed by atoms with van der Waals surface area (Å²) in [6.45, 7) is 3.31. The Balaban J connectivity index is 1.87. The van der Waals surface area contributed by atoms with Gasteiger partial charge in [0.05, 0.1) is 27.2 Å². The third kappa shape index (κ3) is 2.87. The molecule has 3 rings (SSSR count). The number of aromatic nitrogens is 1. The summed E-state index contributed by atoms with van der Waals surface area (Å²) in [7, 11) is 3.83. The zero-order chi connectivity index (χ0) is 15.0. The number of rotatable bonds is 3.